The minimum Gasteiger partial charge on any atom is -0.483 e. The number of carbonyl (C=O) groups excluding carboxylic acids is 1. The van der Waals surface area contributed by atoms with Gasteiger partial charge in [0, 0.05) is 12.2 Å². The number of nitrogens with one attached hydrogen (secondary N) is 1. The number of para-hydroxylation sites is 1. The van der Waals surface area contributed by atoms with E-state index in [1.165, 1.54) is 17.3 Å². The Morgan fingerprint density at radius 3 is 2.55 bits per heavy atom. The Morgan fingerprint density at radius 1 is 1.14 bits per heavy atom. The van der Waals surface area contributed by atoms with Gasteiger partial charge in [-0.25, -0.2) is 0 Å². The average molecular weight is 411 g/mol. The summed E-state index contributed by atoms with van der Waals surface area (Å²) < 4.78 is 8.01. The summed E-state index contributed by atoms with van der Waals surface area (Å²) in [5.41, 5.74) is 3.05. The van der Waals surface area contributed by atoms with E-state index in [0.29, 0.717) is 11.7 Å². The third-order valence-electron chi connectivity index (χ3n) is 4.51. The van der Waals surface area contributed by atoms with Gasteiger partial charge in [-0.15, -0.1) is 10.2 Å². The summed E-state index contributed by atoms with van der Waals surface area (Å²) in [7, 11) is 0. The second-order valence-electron chi connectivity index (χ2n) is 6.81. The molecule has 7 heteroatoms. The standard InChI is InChI=1S/C22H26N4O2S/c1-5-26-21(17(4)28-18-12-10-15(2)11-13-18)24-25-22(26)29-14-20(27)23-19-9-7-6-8-16(19)3/h6-13,17H,5,14H2,1-4H3,(H,23,27). The van der Waals surface area contributed by atoms with E-state index in [9.17, 15) is 4.79 Å². The van der Waals surface area contributed by atoms with Gasteiger partial charge in [0.2, 0.25) is 5.91 Å². The zero-order valence-electron chi connectivity index (χ0n) is 17.2. The quantitative estimate of drug-likeness (QED) is 0.541. The molecular formula is C22H26N4O2S. The van der Waals surface area contributed by atoms with Gasteiger partial charge in [0.25, 0.3) is 0 Å². The Labute approximate surface area is 175 Å². The van der Waals surface area contributed by atoms with Crippen molar-refractivity contribution in [2.75, 3.05) is 11.1 Å². The number of amides is 1. The molecule has 29 heavy (non-hydrogen) atoms. The summed E-state index contributed by atoms with van der Waals surface area (Å²) >= 11 is 1.37. The molecule has 1 N–H and O–H groups in total. The molecule has 1 amide bonds. The molecule has 3 aromatic rings. The normalized spacial score (nSPS) is 11.9. The van der Waals surface area contributed by atoms with Gasteiger partial charge in [0.15, 0.2) is 17.1 Å². The SMILES string of the molecule is CCn1c(SCC(=O)Nc2ccccc2C)nnc1C(C)Oc1ccc(C)cc1. The number of thioether (sulfide) groups is 1. The van der Waals surface area contributed by atoms with Crippen molar-refractivity contribution >= 4 is 23.4 Å². The highest BCUT2D eigenvalue weighted by atomic mass is 32.2. The van der Waals surface area contributed by atoms with Crippen LogP contribution in [-0.4, -0.2) is 26.4 Å². The molecule has 3 rings (SSSR count). The third kappa shape index (κ3) is 5.38. The first-order valence-electron chi connectivity index (χ1n) is 9.62. The van der Waals surface area contributed by atoms with E-state index in [1.807, 2.05) is 80.8 Å². The van der Waals surface area contributed by atoms with E-state index in [-0.39, 0.29) is 17.8 Å². The van der Waals surface area contributed by atoms with Crippen LogP contribution in [0.15, 0.2) is 53.7 Å². The lowest BCUT2D eigenvalue weighted by atomic mass is 10.2. The van der Waals surface area contributed by atoms with E-state index < -0.39 is 0 Å². The van der Waals surface area contributed by atoms with Crippen LogP contribution in [0, 0.1) is 13.8 Å². The Balaban J connectivity index is 1.63. The predicted molar refractivity (Wildman–Crippen MR) is 116 cm³/mol. The Morgan fingerprint density at radius 2 is 1.86 bits per heavy atom. The number of aryl methyl sites for hydroxylation is 2. The van der Waals surface area contributed by atoms with E-state index in [0.717, 1.165) is 22.8 Å². The second-order valence-corrected chi connectivity index (χ2v) is 7.75. The Bertz CT molecular complexity index is 969. The van der Waals surface area contributed by atoms with Crippen molar-refractivity contribution in [3.8, 4) is 5.75 Å². The van der Waals surface area contributed by atoms with Gasteiger partial charge in [-0.3, -0.25) is 4.79 Å². The van der Waals surface area contributed by atoms with Crippen LogP contribution in [0.4, 0.5) is 5.69 Å². The molecule has 1 unspecified atom stereocenters. The van der Waals surface area contributed by atoms with Crippen molar-refractivity contribution in [1.82, 2.24) is 14.8 Å². The van der Waals surface area contributed by atoms with Crippen LogP contribution in [0.5, 0.6) is 5.75 Å². The van der Waals surface area contributed by atoms with Crippen LogP contribution < -0.4 is 10.1 Å². The van der Waals surface area contributed by atoms with Crippen molar-refractivity contribution in [2.24, 2.45) is 0 Å². The smallest absolute Gasteiger partial charge is 0.234 e. The largest absolute Gasteiger partial charge is 0.483 e. The Kier molecular flexibility index (Phi) is 6.93. The molecule has 0 radical (unpaired) electrons. The van der Waals surface area contributed by atoms with Crippen LogP contribution in [-0.2, 0) is 11.3 Å². The fourth-order valence-electron chi connectivity index (χ4n) is 2.91. The van der Waals surface area contributed by atoms with E-state index in [4.69, 9.17) is 4.74 Å². The number of hydrogen-bond donors (Lipinski definition) is 1. The molecular weight excluding hydrogens is 384 g/mol. The maximum atomic E-state index is 12.3. The number of aromatic nitrogens is 3. The number of carbonyl (C=O) groups is 1. The number of hydrogen-bond acceptors (Lipinski definition) is 5. The van der Waals surface area contributed by atoms with Crippen LogP contribution in [0.1, 0.15) is 36.9 Å². The number of anilines is 1. The number of benzene rings is 2. The molecule has 0 fully saturated rings. The molecule has 0 bridgehead atoms. The molecule has 0 aliphatic carbocycles. The molecule has 0 spiro atoms. The fraction of sp³-hybridized carbons (Fsp3) is 0.318. The number of nitrogens with zero attached hydrogens (tertiary/aromatic N) is 3. The van der Waals surface area contributed by atoms with E-state index in [2.05, 4.69) is 15.5 Å². The van der Waals surface area contributed by atoms with Crippen LogP contribution >= 0.6 is 11.8 Å². The van der Waals surface area contributed by atoms with Crippen LogP contribution in [0.3, 0.4) is 0 Å². The van der Waals surface area contributed by atoms with Gasteiger partial charge in [-0.1, -0.05) is 47.7 Å². The van der Waals surface area contributed by atoms with Gasteiger partial charge < -0.3 is 14.6 Å². The maximum absolute atomic E-state index is 12.3. The maximum Gasteiger partial charge on any atom is 0.234 e. The lowest BCUT2D eigenvalue weighted by molar-refractivity contribution is -0.113. The van der Waals surface area contributed by atoms with Crippen molar-refractivity contribution in [1.29, 1.82) is 0 Å². The number of rotatable bonds is 8. The lowest BCUT2D eigenvalue weighted by Crippen LogP contribution is -2.16. The molecule has 0 aliphatic heterocycles. The zero-order valence-corrected chi connectivity index (χ0v) is 18.0. The van der Waals surface area contributed by atoms with Gasteiger partial charge in [0.05, 0.1) is 5.75 Å². The number of ether oxygens (including phenoxy) is 1. The van der Waals surface area contributed by atoms with Gasteiger partial charge >= 0.3 is 0 Å². The summed E-state index contributed by atoms with van der Waals surface area (Å²) in [4.78, 5) is 12.3. The van der Waals surface area contributed by atoms with E-state index >= 15 is 0 Å². The summed E-state index contributed by atoms with van der Waals surface area (Å²) in [6.45, 7) is 8.70. The van der Waals surface area contributed by atoms with Crippen LogP contribution in [0.25, 0.3) is 0 Å². The average Bonchev–Trinajstić information content (AvgIpc) is 3.13. The molecule has 1 atom stereocenters. The third-order valence-corrected chi connectivity index (χ3v) is 5.48. The molecule has 1 aromatic heterocycles. The highest BCUT2D eigenvalue weighted by Gasteiger charge is 2.19. The highest BCUT2D eigenvalue weighted by molar-refractivity contribution is 7.99. The molecule has 152 valence electrons. The molecule has 0 saturated heterocycles. The first-order valence-corrected chi connectivity index (χ1v) is 10.6. The van der Waals surface area contributed by atoms with Crippen molar-refractivity contribution < 1.29 is 9.53 Å². The minimum atomic E-state index is -0.250. The first-order chi connectivity index (χ1) is 14.0. The molecule has 2 aromatic carbocycles. The summed E-state index contributed by atoms with van der Waals surface area (Å²) in [5, 5.41) is 12.2. The van der Waals surface area contributed by atoms with Gasteiger partial charge in [0.1, 0.15) is 5.75 Å². The first kappa shape index (κ1) is 20.9. The predicted octanol–water partition coefficient (Wildman–Crippen LogP) is 4.79. The zero-order chi connectivity index (χ0) is 20.8. The summed E-state index contributed by atoms with van der Waals surface area (Å²) in [6, 6.07) is 15.7. The monoisotopic (exact) mass is 410 g/mol. The van der Waals surface area contributed by atoms with Gasteiger partial charge in [-0.05, 0) is 51.5 Å². The van der Waals surface area contributed by atoms with Crippen molar-refractivity contribution in [3.63, 3.8) is 0 Å². The molecule has 1 heterocycles. The second kappa shape index (κ2) is 9.60. The van der Waals surface area contributed by atoms with E-state index in [1.54, 1.807) is 0 Å². The topological polar surface area (TPSA) is 69.0 Å². The Hall–Kier alpha value is -2.80. The van der Waals surface area contributed by atoms with Crippen molar-refractivity contribution in [2.45, 2.75) is 45.5 Å². The molecule has 6 nitrogen and oxygen atoms in total. The van der Waals surface area contributed by atoms with Crippen LogP contribution in [0.2, 0.25) is 0 Å². The molecule has 0 saturated carbocycles. The summed E-state index contributed by atoms with van der Waals surface area (Å²) in [5.74, 6) is 1.73. The summed E-state index contributed by atoms with van der Waals surface area (Å²) in [6.07, 6.45) is -0.250. The fourth-order valence-corrected chi connectivity index (χ4v) is 3.72. The van der Waals surface area contributed by atoms with Gasteiger partial charge in [-0.2, -0.15) is 0 Å². The molecule has 0 aliphatic rings. The minimum absolute atomic E-state index is 0.0690. The highest BCUT2D eigenvalue weighted by Crippen LogP contribution is 2.25. The van der Waals surface area contributed by atoms with Crippen molar-refractivity contribution in [3.05, 3.63) is 65.5 Å². The lowest BCUT2D eigenvalue weighted by Gasteiger charge is -2.15.